The van der Waals surface area contributed by atoms with Crippen LogP contribution >= 0.6 is 0 Å². The molecule has 3 atom stereocenters. The van der Waals surface area contributed by atoms with Crippen molar-refractivity contribution in [1.29, 1.82) is 0 Å². The minimum atomic E-state index is -1.92. The summed E-state index contributed by atoms with van der Waals surface area (Å²) < 4.78 is 10.3. The average Bonchev–Trinajstić information content (AvgIpc) is 2.47. The monoisotopic (exact) mass is 300 g/mol. The first-order chi connectivity index (χ1) is 9.84. The third-order valence-corrected chi connectivity index (χ3v) is 3.88. The highest BCUT2D eigenvalue weighted by Gasteiger charge is 2.57. The van der Waals surface area contributed by atoms with Crippen molar-refractivity contribution in [2.75, 3.05) is 6.61 Å². The zero-order chi connectivity index (χ0) is 16.2. The predicted octanol–water partition coefficient (Wildman–Crippen LogP) is 1.94. The van der Waals surface area contributed by atoms with Crippen LogP contribution in [0.25, 0.3) is 0 Å². The van der Waals surface area contributed by atoms with Gasteiger partial charge in [-0.2, -0.15) is 0 Å². The van der Waals surface area contributed by atoms with Crippen molar-refractivity contribution in [2.45, 2.75) is 53.2 Å². The van der Waals surface area contributed by atoms with Gasteiger partial charge in [0.1, 0.15) is 0 Å². The minimum absolute atomic E-state index is 0.100. The number of carbonyl (C=O) groups excluding carboxylic acids is 2. The van der Waals surface area contributed by atoms with Gasteiger partial charge in [0, 0.05) is 11.8 Å². The average molecular weight is 300 g/mol. The fraction of sp³-hybridized carbons (Fsp3) is 0.786. The van der Waals surface area contributed by atoms with Crippen molar-refractivity contribution in [3.8, 4) is 0 Å². The maximum absolute atomic E-state index is 12.3. The van der Waals surface area contributed by atoms with Gasteiger partial charge in [-0.15, -0.1) is 10.3 Å². The second-order valence-corrected chi connectivity index (χ2v) is 5.20. The minimum Gasteiger partial charge on any atom is -0.461 e. The van der Waals surface area contributed by atoms with Crippen LogP contribution in [0.3, 0.4) is 0 Å². The number of rotatable bonds is 6. The van der Waals surface area contributed by atoms with Gasteiger partial charge in [-0.3, -0.25) is 5.21 Å². The number of ether oxygens (including phenoxy) is 2. The SMILES string of the molecule is CCOC(=O)[C@]1([C@@H](C)CC)OC(=O)C([C@@H](C)CC)=NN1O. The summed E-state index contributed by atoms with van der Waals surface area (Å²) in [4.78, 5) is 24.4. The lowest BCUT2D eigenvalue weighted by Gasteiger charge is -2.41. The molecule has 1 rings (SSSR count). The molecule has 0 fully saturated rings. The lowest BCUT2D eigenvalue weighted by Crippen LogP contribution is -2.63. The standard InChI is InChI=1S/C14H24N2O5/c1-6-9(4)11-12(17)21-14(10(5)7-2,16(19)15-11)13(18)20-8-3/h9-10,19H,6-8H2,1-5H3/t9-,10-,14-/m0/s1. The molecule has 0 radical (unpaired) electrons. The molecule has 0 saturated heterocycles. The Morgan fingerprint density at radius 1 is 1.38 bits per heavy atom. The van der Waals surface area contributed by atoms with Crippen LogP contribution in [0.4, 0.5) is 0 Å². The normalized spacial score (nSPS) is 25.0. The lowest BCUT2D eigenvalue weighted by molar-refractivity contribution is -0.293. The van der Waals surface area contributed by atoms with E-state index in [0.29, 0.717) is 18.0 Å². The van der Waals surface area contributed by atoms with Gasteiger partial charge >= 0.3 is 17.7 Å². The molecule has 0 aromatic heterocycles. The van der Waals surface area contributed by atoms with Crippen molar-refractivity contribution in [1.82, 2.24) is 5.17 Å². The number of carbonyl (C=O) groups is 2. The Bertz CT molecular complexity index is 437. The van der Waals surface area contributed by atoms with Gasteiger partial charge in [0.15, 0.2) is 5.71 Å². The van der Waals surface area contributed by atoms with Crippen molar-refractivity contribution in [2.24, 2.45) is 16.9 Å². The molecular formula is C14H24N2O5. The Morgan fingerprint density at radius 3 is 2.48 bits per heavy atom. The molecule has 7 nitrogen and oxygen atoms in total. The van der Waals surface area contributed by atoms with Crippen molar-refractivity contribution < 1.29 is 24.3 Å². The summed E-state index contributed by atoms with van der Waals surface area (Å²) in [7, 11) is 0. The molecule has 1 N–H and O–H groups in total. The van der Waals surface area contributed by atoms with E-state index in [9.17, 15) is 14.8 Å². The Balaban J connectivity index is 3.26. The fourth-order valence-corrected chi connectivity index (χ4v) is 2.08. The summed E-state index contributed by atoms with van der Waals surface area (Å²) >= 11 is 0. The molecule has 1 heterocycles. The summed E-state index contributed by atoms with van der Waals surface area (Å²) in [6.45, 7) is 8.96. The first kappa shape index (κ1) is 17.4. The van der Waals surface area contributed by atoms with Gasteiger partial charge in [-0.1, -0.05) is 27.7 Å². The van der Waals surface area contributed by atoms with Crippen LogP contribution in [0.15, 0.2) is 5.10 Å². The van der Waals surface area contributed by atoms with Gasteiger partial charge in [0.2, 0.25) is 0 Å². The second kappa shape index (κ2) is 6.89. The molecule has 0 aromatic carbocycles. The van der Waals surface area contributed by atoms with Crippen LogP contribution in [-0.2, 0) is 19.1 Å². The number of esters is 2. The van der Waals surface area contributed by atoms with E-state index in [1.165, 1.54) is 0 Å². The number of nitrogens with zero attached hydrogens (tertiary/aromatic N) is 2. The molecule has 1 aliphatic rings. The first-order valence-corrected chi connectivity index (χ1v) is 7.33. The molecule has 0 saturated carbocycles. The van der Waals surface area contributed by atoms with Crippen LogP contribution in [0, 0.1) is 11.8 Å². The van der Waals surface area contributed by atoms with E-state index in [1.807, 2.05) is 13.8 Å². The topological polar surface area (TPSA) is 88.4 Å². The van der Waals surface area contributed by atoms with Gasteiger partial charge < -0.3 is 9.47 Å². The van der Waals surface area contributed by atoms with Gasteiger partial charge in [0.25, 0.3) is 0 Å². The molecule has 0 spiro atoms. The number of hydrogen-bond acceptors (Lipinski definition) is 7. The van der Waals surface area contributed by atoms with E-state index >= 15 is 0 Å². The van der Waals surface area contributed by atoms with E-state index in [-0.39, 0.29) is 18.2 Å². The summed E-state index contributed by atoms with van der Waals surface area (Å²) in [5.41, 5.74) is -1.82. The van der Waals surface area contributed by atoms with E-state index in [0.717, 1.165) is 0 Å². The zero-order valence-electron chi connectivity index (χ0n) is 13.3. The third-order valence-electron chi connectivity index (χ3n) is 3.88. The third kappa shape index (κ3) is 3.02. The number of hydrazone groups is 1. The van der Waals surface area contributed by atoms with Crippen molar-refractivity contribution in [3.63, 3.8) is 0 Å². The fourth-order valence-electron chi connectivity index (χ4n) is 2.08. The summed E-state index contributed by atoms with van der Waals surface area (Å²) in [6.07, 6.45) is 1.16. The Kier molecular flexibility index (Phi) is 5.71. The van der Waals surface area contributed by atoms with E-state index in [2.05, 4.69) is 5.10 Å². The molecule has 0 aliphatic carbocycles. The summed E-state index contributed by atoms with van der Waals surface area (Å²) in [6, 6.07) is 0. The summed E-state index contributed by atoms with van der Waals surface area (Å²) in [5.74, 6) is -2.16. The molecule has 0 unspecified atom stereocenters. The lowest BCUT2D eigenvalue weighted by atomic mass is 9.93. The van der Waals surface area contributed by atoms with Gasteiger partial charge in [0.05, 0.1) is 6.61 Å². The molecule has 7 heteroatoms. The van der Waals surface area contributed by atoms with Gasteiger partial charge in [-0.05, 0) is 19.8 Å². The Morgan fingerprint density at radius 2 is 2.00 bits per heavy atom. The molecule has 21 heavy (non-hydrogen) atoms. The predicted molar refractivity (Wildman–Crippen MR) is 75.4 cm³/mol. The van der Waals surface area contributed by atoms with Crippen molar-refractivity contribution in [3.05, 3.63) is 0 Å². The van der Waals surface area contributed by atoms with Crippen LogP contribution in [0.1, 0.15) is 47.5 Å². The van der Waals surface area contributed by atoms with Crippen LogP contribution in [-0.4, -0.2) is 40.4 Å². The van der Waals surface area contributed by atoms with E-state index in [4.69, 9.17) is 9.47 Å². The smallest absolute Gasteiger partial charge is 0.376 e. The number of cyclic esters (lactones) is 1. The maximum Gasteiger partial charge on any atom is 0.376 e. The summed E-state index contributed by atoms with van der Waals surface area (Å²) in [5, 5.41) is 14.6. The van der Waals surface area contributed by atoms with Crippen LogP contribution in [0.5, 0.6) is 0 Å². The molecule has 1 aliphatic heterocycles. The van der Waals surface area contributed by atoms with Crippen LogP contribution in [0.2, 0.25) is 0 Å². The molecule has 0 aromatic rings. The number of hydrogen-bond donors (Lipinski definition) is 1. The Hall–Kier alpha value is -1.63. The molecule has 0 bridgehead atoms. The largest absolute Gasteiger partial charge is 0.461 e. The quantitative estimate of drug-likeness (QED) is 0.754. The highest BCUT2D eigenvalue weighted by atomic mass is 16.7. The van der Waals surface area contributed by atoms with Crippen LogP contribution < -0.4 is 0 Å². The molecule has 0 amide bonds. The molecular weight excluding hydrogens is 276 g/mol. The second-order valence-electron chi connectivity index (χ2n) is 5.20. The van der Waals surface area contributed by atoms with Gasteiger partial charge in [-0.25, -0.2) is 9.59 Å². The van der Waals surface area contributed by atoms with Crippen molar-refractivity contribution >= 4 is 17.7 Å². The van der Waals surface area contributed by atoms with E-state index < -0.39 is 23.6 Å². The maximum atomic E-state index is 12.3. The highest BCUT2D eigenvalue weighted by Crippen LogP contribution is 2.33. The number of hydroxylamine groups is 1. The molecule has 120 valence electrons. The highest BCUT2D eigenvalue weighted by molar-refractivity contribution is 6.37. The zero-order valence-corrected chi connectivity index (χ0v) is 13.3. The first-order valence-electron chi connectivity index (χ1n) is 7.33. The Labute approximate surface area is 124 Å². The van der Waals surface area contributed by atoms with E-state index in [1.54, 1.807) is 20.8 Å².